The van der Waals surface area contributed by atoms with Crippen molar-refractivity contribution < 1.29 is 4.74 Å². The standard InChI is InChI=1S/C17H21NOS/c1-3-12-8-10-20-17(12)16(18-2)14-6-7-15-13(11-14)5-4-9-19-15/h6-8,10-11,16,18H,3-5,9H2,1-2H3. The summed E-state index contributed by atoms with van der Waals surface area (Å²) < 4.78 is 5.71. The Morgan fingerprint density at radius 3 is 3.05 bits per heavy atom. The van der Waals surface area contributed by atoms with Crippen LogP contribution in [-0.4, -0.2) is 13.7 Å². The van der Waals surface area contributed by atoms with E-state index in [0.29, 0.717) is 0 Å². The van der Waals surface area contributed by atoms with Gasteiger partial charge in [0, 0.05) is 4.88 Å². The summed E-state index contributed by atoms with van der Waals surface area (Å²) in [6.45, 7) is 3.08. The number of hydrogen-bond donors (Lipinski definition) is 1. The quantitative estimate of drug-likeness (QED) is 0.919. The Morgan fingerprint density at radius 1 is 1.35 bits per heavy atom. The lowest BCUT2D eigenvalue weighted by atomic mass is 9.97. The fourth-order valence-corrected chi connectivity index (χ4v) is 4.03. The molecule has 1 aliphatic heterocycles. The third kappa shape index (κ3) is 2.48. The number of ether oxygens (including phenoxy) is 1. The Bertz CT molecular complexity index is 590. The van der Waals surface area contributed by atoms with Crippen LogP contribution < -0.4 is 10.1 Å². The Morgan fingerprint density at radius 2 is 2.25 bits per heavy atom. The Balaban J connectivity index is 1.97. The van der Waals surface area contributed by atoms with Gasteiger partial charge in [-0.2, -0.15) is 0 Å². The van der Waals surface area contributed by atoms with Crippen LogP contribution in [0.5, 0.6) is 5.75 Å². The van der Waals surface area contributed by atoms with E-state index >= 15 is 0 Å². The van der Waals surface area contributed by atoms with Crippen LogP contribution in [-0.2, 0) is 12.8 Å². The van der Waals surface area contributed by atoms with Crippen molar-refractivity contribution in [1.82, 2.24) is 5.32 Å². The van der Waals surface area contributed by atoms with E-state index in [9.17, 15) is 0 Å². The van der Waals surface area contributed by atoms with E-state index in [2.05, 4.69) is 41.9 Å². The lowest BCUT2D eigenvalue weighted by Gasteiger charge is -2.22. The van der Waals surface area contributed by atoms with E-state index in [1.165, 1.54) is 21.6 Å². The molecule has 0 spiro atoms. The molecule has 1 unspecified atom stereocenters. The molecule has 1 aliphatic rings. The summed E-state index contributed by atoms with van der Waals surface area (Å²) in [6, 6.07) is 9.18. The van der Waals surface area contributed by atoms with Crippen LogP contribution in [0.4, 0.5) is 0 Å². The van der Waals surface area contributed by atoms with Crippen molar-refractivity contribution in [2.75, 3.05) is 13.7 Å². The summed E-state index contributed by atoms with van der Waals surface area (Å²) in [5.74, 6) is 1.07. The molecule has 0 saturated carbocycles. The molecule has 0 saturated heterocycles. The minimum absolute atomic E-state index is 0.289. The minimum Gasteiger partial charge on any atom is -0.493 e. The maximum absolute atomic E-state index is 5.71. The zero-order valence-corrected chi connectivity index (χ0v) is 12.9. The van der Waals surface area contributed by atoms with Crippen LogP contribution >= 0.6 is 11.3 Å². The molecule has 0 amide bonds. The fraction of sp³-hybridized carbons (Fsp3) is 0.412. The highest BCUT2D eigenvalue weighted by Crippen LogP contribution is 2.33. The van der Waals surface area contributed by atoms with E-state index in [0.717, 1.165) is 31.6 Å². The van der Waals surface area contributed by atoms with Gasteiger partial charge in [0.15, 0.2) is 0 Å². The van der Waals surface area contributed by atoms with Gasteiger partial charge in [-0.15, -0.1) is 11.3 Å². The first-order valence-corrected chi connectivity index (χ1v) is 8.20. The van der Waals surface area contributed by atoms with Crippen molar-refractivity contribution in [1.29, 1.82) is 0 Å². The van der Waals surface area contributed by atoms with Crippen molar-refractivity contribution in [2.24, 2.45) is 0 Å². The number of fused-ring (bicyclic) bond motifs is 1. The molecule has 3 heteroatoms. The Labute approximate surface area is 124 Å². The van der Waals surface area contributed by atoms with Gasteiger partial charge in [0.1, 0.15) is 5.75 Å². The van der Waals surface area contributed by atoms with Gasteiger partial charge in [-0.25, -0.2) is 0 Å². The van der Waals surface area contributed by atoms with Crippen molar-refractivity contribution in [2.45, 2.75) is 32.2 Å². The van der Waals surface area contributed by atoms with Gasteiger partial charge in [-0.05, 0) is 60.5 Å². The minimum atomic E-state index is 0.289. The van der Waals surface area contributed by atoms with Gasteiger partial charge in [-0.3, -0.25) is 0 Å². The van der Waals surface area contributed by atoms with Gasteiger partial charge < -0.3 is 10.1 Å². The maximum Gasteiger partial charge on any atom is 0.122 e. The second kappa shape index (κ2) is 5.98. The topological polar surface area (TPSA) is 21.3 Å². The highest BCUT2D eigenvalue weighted by atomic mass is 32.1. The van der Waals surface area contributed by atoms with Gasteiger partial charge in [0.2, 0.25) is 0 Å². The van der Waals surface area contributed by atoms with Crippen molar-refractivity contribution in [3.05, 3.63) is 51.2 Å². The molecular formula is C17H21NOS. The van der Waals surface area contributed by atoms with Crippen LogP contribution in [0.2, 0.25) is 0 Å². The zero-order chi connectivity index (χ0) is 13.9. The number of hydrogen-bond acceptors (Lipinski definition) is 3. The van der Waals surface area contributed by atoms with Crippen LogP contribution in [0.25, 0.3) is 0 Å². The normalized spacial score (nSPS) is 15.5. The predicted octanol–water partition coefficient (Wildman–Crippen LogP) is 3.94. The Kier molecular flexibility index (Phi) is 4.08. The van der Waals surface area contributed by atoms with E-state index in [-0.39, 0.29) is 6.04 Å². The molecule has 0 aliphatic carbocycles. The van der Waals surface area contributed by atoms with Crippen molar-refractivity contribution >= 4 is 11.3 Å². The summed E-state index contributed by atoms with van der Waals surface area (Å²) in [7, 11) is 2.04. The Hall–Kier alpha value is -1.32. The molecule has 3 rings (SSSR count). The first kappa shape index (κ1) is 13.7. The summed E-state index contributed by atoms with van der Waals surface area (Å²) >= 11 is 1.85. The SMILES string of the molecule is CCc1ccsc1C(NC)c1ccc2c(c1)CCCO2. The van der Waals surface area contributed by atoms with E-state index in [1.54, 1.807) is 0 Å². The van der Waals surface area contributed by atoms with Gasteiger partial charge in [0.25, 0.3) is 0 Å². The molecule has 1 aromatic heterocycles. The second-order valence-electron chi connectivity index (χ2n) is 5.20. The first-order chi connectivity index (χ1) is 9.83. The molecule has 1 atom stereocenters. The van der Waals surface area contributed by atoms with Gasteiger partial charge >= 0.3 is 0 Å². The number of aryl methyl sites for hydroxylation is 2. The molecule has 20 heavy (non-hydrogen) atoms. The fourth-order valence-electron chi connectivity index (χ4n) is 2.90. The van der Waals surface area contributed by atoms with Gasteiger partial charge in [-0.1, -0.05) is 19.1 Å². The average molecular weight is 287 g/mol. The van der Waals surface area contributed by atoms with E-state index in [4.69, 9.17) is 4.74 Å². The number of thiophene rings is 1. The smallest absolute Gasteiger partial charge is 0.122 e. The van der Waals surface area contributed by atoms with Crippen LogP contribution in [0.1, 0.15) is 41.0 Å². The maximum atomic E-state index is 5.71. The monoisotopic (exact) mass is 287 g/mol. The molecular weight excluding hydrogens is 266 g/mol. The second-order valence-corrected chi connectivity index (χ2v) is 6.15. The molecule has 2 nitrogen and oxygen atoms in total. The van der Waals surface area contributed by atoms with E-state index in [1.807, 2.05) is 18.4 Å². The lowest BCUT2D eigenvalue weighted by Crippen LogP contribution is -2.18. The summed E-state index contributed by atoms with van der Waals surface area (Å²) in [5, 5.41) is 5.67. The molecule has 0 fully saturated rings. The predicted molar refractivity (Wildman–Crippen MR) is 84.9 cm³/mol. The largest absolute Gasteiger partial charge is 0.493 e. The molecule has 1 N–H and O–H groups in total. The summed E-state index contributed by atoms with van der Waals surface area (Å²) in [6.07, 6.45) is 3.34. The third-order valence-corrected chi connectivity index (χ3v) is 5.00. The summed E-state index contributed by atoms with van der Waals surface area (Å²) in [5.41, 5.74) is 4.14. The molecule has 1 aromatic carbocycles. The first-order valence-electron chi connectivity index (χ1n) is 7.32. The van der Waals surface area contributed by atoms with E-state index < -0.39 is 0 Å². The van der Waals surface area contributed by atoms with Crippen LogP contribution in [0.3, 0.4) is 0 Å². The highest BCUT2D eigenvalue weighted by molar-refractivity contribution is 7.10. The zero-order valence-electron chi connectivity index (χ0n) is 12.1. The molecule has 2 aromatic rings. The average Bonchev–Trinajstić information content (AvgIpc) is 2.96. The molecule has 2 heterocycles. The number of rotatable bonds is 4. The molecule has 0 bridgehead atoms. The highest BCUT2D eigenvalue weighted by Gasteiger charge is 2.19. The van der Waals surface area contributed by atoms with Crippen LogP contribution in [0, 0.1) is 0 Å². The van der Waals surface area contributed by atoms with Gasteiger partial charge in [0.05, 0.1) is 12.6 Å². The van der Waals surface area contributed by atoms with Crippen LogP contribution in [0.15, 0.2) is 29.6 Å². The molecule has 106 valence electrons. The number of benzene rings is 1. The number of nitrogens with one attached hydrogen (secondary N) is 1. The molecule has 0 radical (unpaired) electrons. The third-order valence-electron chi connectivity index (χ3n) is 3.98. The lowest BCUT2D eigenvalue weighted by molar-refractivity contribution is 0.288. The summed E-state index contributed by atoms with van der Waals surface area (Å²) in [4.78, 5) is 1.44. The van der Waals surface area contributed by atoms with Crippen molar-refractivity contribution in [3.63, 3.8) is 0 Å². The van der Waals surface area contributed by atoms with Crippen molar-refractivity contribution in [3.8, 4) is 5.75 Å².